The molecular weight excluding hydrogens is 287 g/mol. The molecule has 1 aliphatic rings. The van der Waals surface area contributed by atoms with Crippen molar-refractivity contribution in [3.8, 4) is 11.1 Å². The Morgan fingerprint density at radius 2 is 1.65 bits per heavy atom. The third kappa shape index (κ3) is 2.32. The molecule has 0 aliphatic heterocycles. The molecule has 2 aromatic rings. The Bertz CT molecular complexity index is 550. The molecule has 0 aromatic heterocycles. The van der Waals surface area contributed by atoms with Gasteiger partial charge in [-0.1, -0.05) is 0 Å². The number of hydrogen-bond donors (Lipinski definition) is 0. The minimum atomic E-state index is 0. The van der Waals surface area contributed by atoms with Gasteiger partial charge in [-0.25, -0.2) is 0 Å². The fourth-order valence-electron chi connectivity index (χ4n) is 2.33. The van der Waals surface area contributed by atoms with Gasteiger partial charge in [0.05, 0.1) is 0 Å². The largest absolute Gasteiger partial charge is 1.00 e. The molecule has 0 radical (unpaired) electrons. The van der Waals surface area contributed by atoms with Crippen LogP contribution >= 0.6 is 0 Å². The Morgan fingerprint density at radius 1 is 0.941 bits per heavy atom. The van der Waals surface area contributed by atoms with Gasteiger partial charge in [0.25, 0.3) is 0 Å². The van der Waals surface area contributed by atoms with Gasteiger partial charge in [-0.05, 0) is 0 Å². The second-order valence-electron chi connectivity index (χ2n) is 4.12. The summed E-state index contributed by atoms with van der Waals surface area (Å²) in [7, 11) is 0. The quantitative estimate of drug-likeness (QED) is 0.383. The Hall–Kier alpha value is -0.266. The third-order valence-electron chi connectivity index (χ3n) is 3.20. The summed E-state index contributed by atoms with van der Waals surface area (Å²) in [6.07, 6.45) is 1.11. The summed E-state index contributed by atoms with van der Waals surface area (Å²) in [5.41, 5.74) is 7.27. The first-order chi connectivity index (χ1) is 7.27. The van der Waals surface area contributed by atoms with E-state index in [2.05, 4.69) is 63.8 Å². The van der Waals surface area contributed by atoms with E-state index in [1.165, 1.54) is 31.7 Å². The van der Waals surface area contributed by atoms with Gasteiger partial charge < -0.3 is 24.8 Å². The van der Waals surface area contributed by atoms with Crippen molar-refractivity contribution in [2.24, 2.45) is 0 Å². The molecule has 17 heavy (non-hydrogen) atoms. The second kappa shape index (κ2) is 5.58. The molecule has 3 heteroatoms. The normalized spacial score (nSPS) is 11.0. The molecule has 0 amide bonds. The number of fused-ring (bicyclic) bond motifs is 3. The molecule has 0 atom stereocenters. The van der Waals surface area contributed by atoms with Crippen LogP contribution in [0.3, 0.4) is 0 Å². The number of halogens is 2. The van der Waals surface area contributed by atoms with Crippen molar-refractivity contribution in [3.63, 3.8) is 0 Å². The van der Waals surface area contributed by atoms with Crippen LogP contribution in [0.1, 0.15) is 16.7 Å². The van der Waals surface area contributed by atoms with E-state index in [1.807, 2.05) is 0 Å². The second-order valence-corrected chi connectivity index (χ2v) is 4.90. The number of aryl methyl sites for hydroxylation is 1. The fraction of sp³-hybridized carbons (Fsp3) is 0.143. The van der Waals surface area contributed by atoms with E-state index in [9.17, 15) is 0 Å². The van der Waals surface area contributed by atoms with Crippen molar-refractivity contribution in [1.82, 2.24) is 0 Å². The van der Waals surface area contributed by atoms with Crippen LogP contribution in [0.15, 0.2) is 36.4 Å². The molecule has 0 fully saturated rings. The van der Waals surface area contributed by atoms with Crippen LogP contribution in [0.4, 0.5) is 0 Å². The summed E-state index contributed by atoms with van der Waals surface area (Å²) in [5.74, 6) is 0. The molecule has 0 unspecified atom stereocenters. The molecule has 3 rings (SSSR count). The van der Waals surface area contributed by atoms with Gasteiger partial charge in [0.15, 0.2) is 0 Å². The Balaban J connectivity index is 0.000000722. The molecule has 0 saturated carbocycles. The van der Waals surface area contributed by atoms with E-state index in [-0.39, 0.29) is 24.8 Å². The van der Waals surface area contributed by atoms with Crippen molar-refractivity contribution in [2.45, 2.75) is 13.3 Å². The van der Waals surface area contributed by atoms with E-state index < -0.39 is 0 Å². The van der Waals surface area contributed by atoms with Gasteiger partial charge in [0.2, 0.25) is 0 Å². The Kier molecular flexibility index (Phi) is 4.86. The Labute approximate surface area is 126 Å². The molecule has 0 heterocycles. The monoisotopic (exact) mass is 297 g/mol. The maximum Gasteiger partial charge on any atom is -1.00 e. The van der Waals surface area contributed by atoms with Gasteiger partial charge in [-0.15, -0.1) is 0 Å². The number of rotatable bonds is 0. The van der Waals surface area contributed by atoms with Crippen molar-refractivity contribution >= 4 is 3.87 Å². The van der Waals surface area contributed by atoms with Gasteiger partial charge in [0.1, 0.15) is 0 Å². The van der Waals surface area contributed by atoms with Gasteiger partial charge in [0, 0.05) is 0 Å². The van der Waals surface area contributed by atoms with Gasteiger partial charge in [-0.2, -0.15) is 0 Å². The zero-order chi connectivity index (χ0) is 10.4. The first-order valence-corrected chi connectivity index (χ1v) is 5.98. The topological polar surface area (TPSA) is 0 Å². The number of benzene rings is 2. The average molecular weight is 298 g/mol. The zero-order valence-electron chi connectivity index (χ0n) is 9.43. The summed E-state index contributed by atoms with van der Waals surface area (Å²) < 4.78 is 1.46. The van der Waals surface area contributed by atoms with Crippen molar-refractivity contribution in [1.29, 1.82) is 0 Å². The minimum absolute atomic E-state index is 0. The van der Waals surface area contributed by atoms with Crippen LogP contribution in [0.5, 0.6) is 0 Å². The first-order valence-electron chi connectivity index (χ1n) is 5.20. The molecular formula is C14H11Cl2Ti. The Morgan fingerprint density at radius 3 is 2.41 bits per heavy atom. The van der Waals surface area contributed by atoms with Crippen LogP contribution < -0.4 is 28.7 Å². The molecule has 0 saturated heterocycles. The van der Waals surface area contributed by atoms with E-state index in [4.69, 9.17) is 0 Å². The van der Waals surface area contributed by atoms with Crippen molar-refractivity contribution in [2.75, 3.05) is 0 Å². The van der Waals surface area contributed by atoms with Crippen molar-refractivity contribution < 1.29 is 45.2 Å². The fourth-order valence-corrected chi connectivity index (χ4v) is 2.81. The maximum atomic E-state index is 2.27. The third-order valence-corrected chi connectivity index (χ3v) is 4.28. The van der Waals surface area contributed by atoms with E-state index in [0.717, 1.165) is 6.42 Å². The molecule has 0 N–H and O–H groups in total. The minimum Gasteiger partial charge on any atom is -1.00 e. The summed E-state index contributed by atoms with van der Waals surface area (Å²) in [6, 6.07) is 13.2. The average Bonchev–Trinajstić information content (AvgIpc) is 2.63. The van der Waals surface area contributed by atoms with Crippen LogP contribution in [0, 0.1) is 6.92 Å². The number of hydrogen-bond acceptors (Lipinski definition) is 0. The summed E-state index contributed by atoms with van der Waals surface area (Å²) in [4.78, 5) is 0. The van der Waals surface area contributed by atoms with Crippen LogP contribution in [-0.2, 0) is 26.9 Å². The molecule has 0 spiro atoms. The maximum absolute atomic E-state index is 2.27. The van der Waals surface area contributed by atoms with Crippen LogP contribution in [-0.4, -0.2) is 0 Å². The van der Waals surface area contributed by atoms with Crippen molar-refractivity contribution in [3.05, 3.63) is 53.1 Å². The standard InChI is InChI=1S/C14H11.2ClH.Ti/c1-10-6-7-14-12(8-10)9-11-4-2-3-5-13(11)14;;;/h2-7H,9H2,1H3;2*1H;/q;;;+2/p-2. The molecule has 85 valence electrons. The molecule has 0 bridgehead atoms. The smallest absolute Gasteiger partial charge is 1.00 e. The van der Waals surface area contributed by atoms with Crippen LogP contribution in [0.2, 0.25) is 0 Å². The van der Waals surface area contributed by atoms with E-state index >= 15 is 0 Å². The van der Waals surface area contributed by atoms with E-state index in [1.54, 1.807) is 0 Å². The van der Waals surface area contributed by atoms with E-state index in [0.29, 0.717) is 0 Å². The van der Waals surface area contributed by atoms with Crippen LogP contribution in [0.25, 0.3) is 11.1 Å². The predicted octanol–water partition coefficient (Wildman–Crippen LogP) is -3.25. The molecule has 0 nitrogen and oxygen atoms in total. The SMILES string of the molecule is Cc1ccc2c([c]1[Ti+2])Cc1ccccc1-2.[Cl-].[Cl-]. The van der Waals surface area contributed by atoms with Gasteiger partial charge in [-0.3, -0.25) is 0 Å². The predicted molar refractivity (Wildman–Crippen MR) is 59.1 cm³/mol. The zero-order valence-corrected chi connectivity index (χ0v) is 12.5. The molecule has 2 aromatic carbocycles. The first kappa shape index (κ1) is 14.8. The summed E-state index contributed by atoms with van der Waals surface area (Å²) >= 11 is 2.24. The molecule has 1 aliphatic carbocycles. The summed E-state index contributed by atoms with van der Waals surface area (Å²) in [5, 5.41) is 0. The summed E-state index contributed by atoms with van der Waals surface area (Å²) in [6.45, 7) is 2.19. The van der Waals surface area contributed by atoms with Gasteiger partial charge >= 0.3 is 102 Å².